The van der Waals surface area contributed by atoms with Crippen LogP contribution in [0.1, 0.15) is 38.8 Å². The summed E-state index contributed by atoms with van der Waals surface area (Å²) in [4.78, 5) is 26.3. The highest BCUT2D eigenvalue weighted by Gasteiger charge is 2.21. The van der Waals surface area contributed by atoms with Crippen LogP contribution in [-0.4, -0.2) is 35.4 Å². The summed E-state index contributed by atoms with van der Waals surface area (Å²) in [5.74, 6) is -1.24. The summed E-state index contributed by atoms with van der Waals surface area (Å²) in [6, 6.07) is 11.2. The van der Waals surface area contributed by atoms with Gasteiger partial charge in [0.1, 0.15) is 18.1 Å². The van der Waals surface area contributed by atoms with Gasteiger partial charge in [-0.1, -0.05) is 12.1 Å². The Kier molecular flexibility index (Phi) is 6.07. The summed E-state index contributed by atoms with van der Waals surface area (Å²) in [5.41, 5.74) is 1.13. The Balaban J connectivity index is 1.78. The highest BCUT2D eigenvalue weighted by molar-refractivity contribution is 7.91. The number of aromatic hydroxyl groups is 1. The SMILES string of the molecule is CC(=O)c1ccc(OCc2ccc(S(=O)(=O)c3cc(C(=O)O)ccn3)cc2)c(C)c1O. The van der Waals surface area contributed by atoms with Crippen molar-refractivity contribution in [3.63, 3.8) is 0 Å². The Bertz CT molecular complexity index is 1270. The van der Waals surface area contributed by atoms with Crippen molar-refractivity contribution in [2.75, 3.05) is 0 Å². The first-order valence-corrected chi connectivity index (χ1v) is 10.6. The van der Waals surface area contributed by atoms with Crippen molar-refractivity contribution in [2.24, 2.45) is 0 Å². The van der Waals surface area contributed by atoms with Crippen LogP contribution in [0.2, 0.25) is 0 Å². The van der Waals surface area contributed by atoms with Gasteiger partial charge in [-0.25, -0.2) is 18.2 Å². The molecule has 1 aromatic heterocycles. The van der Waals surface area contributed by atoms with E-state index in [0.717, 1.165) is 12.3 Å². The molecule has 0 saturated carbocycles. The van der Waals surface area contributed by atoms with Crippen molar-refractivity contribution >= 4 is 21.6 Å². The summed E-state index contributed by atoms with van der Waals surface area (Å²) >= 11 is 0. The van der Waals surface area contributed by atoms with E-state index in [1.807, 2.05) is 0 Å². The van der Waals surface area contributed by atoms with Crippen LogP contribution in [0.25, 0.3) is 0 Å². The van der Waals surface area contributed by atoms with Gasteiger partial charge in [0.25, 0.3) is 0 Å². The van der Waals surface area contributed by atoms with Crippen molar-refractivity contribution in [2.45, 2.75) is 30.4 Å². The van der Waals surface area contributed by atoms with E-state index in [2.05, 4.69) is 4.98 Å². The number of Topliss-reactive ketones (excluding diaryl/α,β-unsaturated/α-hetero) is 1. The van der Waals surface area contributed by atoms with E-state index in [9.17, 15) is 23.1 Å². The molecule has 0 unspecified atom stereocenters. The van der Waals surface area contributed by atoms with Crippen LogP contribution in [-0.2, 0) is 16.4 Å². The third kappa shape index (κ3) is 4.56. The largest absolute Gasteiger partial charge is 0.507 e. The monoisotopic (exact) mass is 441 g/mol. The molecule has 31 heavy (non-hydrogen) atoms. The third-order valence-electron chi connectivity index (χ3n) is 4.65. The van der Waals surface area contributed by atoms with E-state index in [-0.39, 0.29) is 39.2 Å². The van der Waals surface area contributed by atoms with Crippen molar-refractivity contribution in [1.82, 2.24) is 4.98 Å². The number of aromatic nitrogens is 1. The first-order chi connectivity index (χ1) is 14.6. The predicted molar refractivity (Wildman–Crippen MR) is 110 cm³/mol. The van der Waals surface area contributed by atoms with Gasteiger partial charge in [0, 0.05) is 11.8 Å². The van der Waals surface area contributed by atoms with Gasteiger partial charge in [0.15, 0.2) is 10.8 Å². The molecule has 0 bridgehead atoms. The maximum atomic E-state index is 12.7. The summed E-state index contributed by atoms with van der Waals surface area (Å²) in [7, 11) is -3.98. The lowest BCUT2D eigenvalue weighted by Gasteiger charge is -2.12. The molecule has 0 radical (unpaired) electrons. The lowest BCUT2D eigenvalue weighted by molar-refractivity contribution is 0.0696. The molecule has 160 valence electrons. The number of phenolic OH excluding ortho intramolecular Hbond substituents is 1. The number of carboxylic acid groups (broad SMARTS) is 1. The molecule has 0 aliphatic heterocycles. The van der Waals surface area contributed by atoms with Crippen LogP contribution >= 0.6 is 0 Å². The van der Waals surface area contributed by atoms with E-state index in [1.54, 1.807) is 25.1 Å². The molecule has 3 aromatic rings. The zero-order chi connectivity index (χ0) is 22.8. The second-order valence-electron chi connectivity index (χ2n) is 6.77. The number of ketones is 1. The highest BCUT2D eigenvalue weighted by Crippen LogP contribution is 2.31. The number of benzene rings is 2. The normalized spacial score (nSPS) is 11.2. The number of pyridine rings is 1. The van der Waals surface area contributed by atoms with E-state index < -0.39 is 15.8 Å². The van der Waals surface area contributed by atoms with Crippen LogP contribution in [0.4, 0.5) is 0 Å². The van der Waals surface area contributed by atoms with Gasteiger partial charge in [-0.3, -0.25) is 4.79 Å². The number of nitrogens with zero attached hydrogens (tertiary/aromatic N) is 1. The van der Waals surface area contributed by atoms with E-state index in [0.29, 0.717) is 16.9 Å². The van der Waals surface area contributed by atoms with Crippen LogP contribution in [0, 0.1) is 6.92 Å². The number of hydrogen-bond donors (Lipinski definition) is 2. The van der Waals surface area contributed by atoms with Crippen molar-refractivity contribution in [1.29, 1.82) is 0 Å². The molecular formula is C22H19NO7S. The van der Waals surface area contributed by atoms with Gasteiger partial charge < -0.3 is 14.9 Å². The van der Waals surface area contributed by atoms with E-state index in [4.69, 9.17) is 9.84 Å². The Morgan fingerprint density at radius 1 is 1.06 bits per heavy atom. The fraction of sp³-hybridized carbons (Fsp3) is 0.136. The maximum absolute atomic E-state index is 12.7. The summed E-state index contributed by atoms with van der Waals surface area (Å²) in [6.07, 6.45) is 1.13. The summed E-state index contributed by atoms with van der Waals surface area (Å²) in [6.45, 7) is 3.09. The molecule has 0 aliphatic carbocycles. The first-order valence-electron chi connectivity index (χ1n) is 9.11. The molecule has 9 heteroatoms. The minimum atomic E-state index is -3.98. The Hall–Kier alpha value is -3.72. The Labute approximate surface area is 178 Å². The second-order valence-corrected chi connectivity index (χ2v) is 8.66. The highest BCUT2D eigenvalue weighted by atomic mass is 32.2. The average molecular weight is 441 g/mol. The predicted octanol–water partition coefficient (Wildman–Crippen LogP) is 3.41. The molecule has 0 spiro atoms. The number of ether oxygens (including phenoxy) is 1. The number of sulfone groups is 1. The van der Waals surface area contributed by atoms with E-state index in [1.165, 1.54) is 31.2 Å². The Morgan fingerprint density at radius 3 is 2.35 bits per heavy atom. The van der Waals surface area contributed by atoms with Gasteiger partial charge in [-0.2, -0.15) is 0 Å². The van der Waals surface area contributed by atoms with Crippen LogP contribution in [0.3, 0.4) is 0 Å². The minimum absolute atomic E-state index is 0.0362. The van der Waals surface area contributed by atoms with Gasteiger partial charge in [0.05, 0.1) is 16.0 Å². The molecule has 2 N–H and O–H groups in total. The number of carboxylic acids is 1. The van der Waals surface area contributed by atoms with Gasteiger partial charge in [-0.15, -0.1) is 0 Å². The molecule has 0 fully saturated rings. The topological polar surface area (TPSA) is 131 Å². The molecule has 0 saturated heterocycles. The second kappa shape index (κ2) is 8.57. The molecule has 0 atom stereocenters. The fourth-order valence-corrected chi connectivity index (χ4v) is 4.08. The molecule has 0 amide bonds. The van der Waals surface area contributed by atoms with Crippen LogP contribution in [0.15, 0.2) is 64.6 Å². The number of carbonyl (C=O) groups is 2. The molecule has 0 aliphatic rings. The molecule has 2 aromatic carbocycles. The standard InChI is InChI=1S/C22H19NO7S/c1-13-19(8-7-18(14(2)24)21(13)25)30-12-15-3-5-17(6-4-15)31(28,29)20-11-16(22(26)27)9-10-23-20/h3-11,25H,12H2,1-2H3,(H,26,27). The number of carbonyl (C=O) groups excluding carboxylic acids is 1. The van der Waals surface area contributed by atoms with Gasteiger partial charge >= 0.3 is 5.97 Å². The lowest BCUT2D eigenvalue weighted by Crippen LogP contribution is -2.07. The lowest BCUT2D eigenvalue weighted by atomic mass is 10.1. The summed E-state index contributed by atoms with van der Waals surface area (Å²) < 4.78 is 31.1. The average Bonchev–Trinajstić information content (AvgIpc) is 2.75. The zero-order valence-corrected chi connectivity index (χ0v) is 17.5. The molecule has 8 nitrogen and oxygen atoms in total. The maximum Gasteiger partial charge on any atom is 0.335 e. The number of hydrogen-bond acceptors (Lipinski definition) is 7. The zero-order valence-electron chi connectivity index (χ0n) is 16.7. The van der Waals surface area contributed by atoms with Crippen molar-refractivity contribution in [3.05, 3.63) is 77.0 Å². The minimum Gasteiger partial charge on any atom is -0.507 e. The van der Waals surface area contributed by atoms with E-state index >= 15 is 0 Å². The van der Waals surface area contributed by atoms with Gasteiger partial charge in [0.2, 0.25) is 9.84 Å². The van der Waals surface area contributed by atoms with Gasteiger partial charge in [-0.05, 0) is 55.8 Å². The smallest absolute Gasteiger partial charge is 0.335 e. The fourth-order valence-electron chi connectivity index (χ4n) is 2.86. The Morgan fingerprint density at radius 2 is 1.74 bits per heavy atom. The first kappa shape index (κ1) is 22.0. The summed E-state index contributed by atoms with van der Waals surface area (Å²) in [5, 5.41) is 18.8. The number of rotatable bonds is 7. The number of phenols is 1. The van der Waals surface area contributed by atoms with Crippen LogP contribution in [0.5, 0.6) is 11.5 Å². The quantitative estimate of drug-likeness (QED) is 0.533. The molecule has 3 rings (SSSR count). The van der Waals surface area contributed by atoms with Crippen molar-refractivity contribution < 1.29 is 33.0 Å². The van der Waals surface area contributed by atoms with Crippen molar-refractivity contribution in [3.8, 4) is 11.5 Å². The molecule has 1 heterocycles. The molecular weight excluding hydrogens is 422 g/mol. The third-order valence-corrected chi connectivity index (χ3v) is 6.31. The number of aromatic carboxylic acids is 1. The van der Waals surface area contributed by atoms with Crippen LogP contribution < -0.4 is 4.74 Å².